The SMILES string of the molecule is CCCCCCCC/C=C(/CCCCCCCC(=O)OC(CC(=O)[O-])C[N+](C)(C)C)[N+](=O)[O-]. The summed E-state index contributed by atoms with van der Waals surface area (Å²) in [5, 5.41) is 22.1. The number of carboxylic acid groups (broad SMARTS) is 1. The highest BCUT2D eigenvalue weighted by Gasteiger charge is 2.22. The van der Waals surface area contributed by atoms with Crippen molar-refractivity contribution in [2.24, 2.45) is 0 Å². The number of carboxylic acids is 1. The topological polar surface area (TPSA) is 110 Å². The minimum absolute atomic E-state index is 0.249. The first-order valence-electron chi connectivity index (χ1n) is 12.6. The standard InChI is InChI=1S/C25H46N2O6/c1-5-6-7-8-9-11-14-17-22(26(31)32)18-15-12-10-13-16-19-25(30)33-23(20-24(28)29)21-27(2,3)4/h17,23H,5-16,18-21H2,1-4H3/b22-17-. The van der Waals surface area contributed by atoms with Crippen molar-refractivity contribution in [2.75, 3.05) is 27.7 Å². The molecule has 192 valence electrons. The van der Waals surface area contributed by atoms with E-state index in [9.17, 15) is 24.8 Å². The Morgan fingerprint density at radius 2 is 1.45 bits per heavy atom. The smallest absolute Gasteiger partial charge is 0.306 e. The Kier molecular flexibility index (Phi) is 17.4. The van der Waals surface area contributed by atoms with Gasteiger partial charge in [-0.3, -0.25) is 14.9 Å². The van der Waals surface area contributed by atoms with Gasteiger partial charge in [0.25, 0.3) is 0 Å². The number of ether oxygens (including phenoxy) is 1. The van der Waals surface area contributed by atoms with Crippen LogP contribution in [0, 0.1) is 10.1 Å². The zero-order chi connectivity index (χ0) is 25.1. The van der Waals surface area contributed by atoms with Gasteiger partial charge in [-0.1, -0.05) is 58.3 Å². The van der Waals surface area contributed by atoms with Gasteiger partial charge in [0.05, 0.1) is 26.1 Å². The lowest BCUT2D eigenvalue weighted by Crippen LogP contribution is -2.45. The number of unbranched alkanes of at least 4 members (excludes halogenated alkanes) is 10. The van der Waals surface area contributed by atoms with E-state index in [1.54, 1.807) is 6.08 Å². The van der Waals surface area contributed by atoms with Crippen LogP contribution in [-0.2, 0) is 14.3 Å². The maximum atomic E-state index is 12.0. The van der Waals surface area contributed by atoms with Crippen molar-refractivity contribution in [3.63, 3.8) is 0 Å². The Balaban J connectivity index is 4.03. The summed E-state index contributed by atoms with van der Waals surface area (Å²) in [5.74, 6) is -1.61. The van der Waals surface area contributed by atoms with E-state index in [2.05, 4.69) is 6.92 Å². The van der Waals surface area contributed by atoms with Gasteiger partial charge < -0.3 is 19.1 Å². The molecule has 0 radical (unpaired) electrons. The molecule has 0 heterocycles. The Hall–Kier alpha value is -1.96. The van der Waals surface area contributed by atoms with Crippen LogP contribution in [0.4, 0.5) is 0 Å². The van der Waals surface area contributed by atoms with Gasteiger partial charge >= 0.3 is 5.97 Å². The molecule has 0 N–H and O–H groups in total. The highest BCUT2D eigenvalue weighted by molar-refractivity contribution is 5.70. The molecule has 0 amide bonds. The fourth-order valence-electron chi connectivity index (χ4n) is 3.75. The Morgan fingerprint density at radius 1 is 0.909 bits per heavy atom. The van der Waals surface area contributed by atoms with Gasteiger partial charge in [0.15, 0.2) is 6.10 Å². The van der Waals surface area contributed by atoms with Gasteiger partial charge in [0.2, 0.25) is 5.70 Å². The molecular weight excluding hydrogens is 424 g/mol. The van der Waals surface area contributed by atoms with Crippen LogP contribution >= 0.6 is 0 Å². The van der Waals surface area contributed by atoms with Crippen molar-refractivity contribution in [1.29, 1.82) is 0 Å². The van der Waals surface area contributed by atoms with Crippen LogP contribution in [0.15, 0.2) is 11.8 Å². The number of nitrogens with zero attached hydrogens (tertiary/aromatic N) is 2. The van der Waals surface area contributed by atoms with E-state index in [0.29, 0.717) is 29.6 Å². The van der Waals surface area contributed by atoms with Crippen LogP contribution < -0.4 is 5.11 Å². The number of hydrogen-bond donors (Lipinski definition) is 0. The monoisotopic (exact) mass is 470 g/mol. The number of allylic oxidation sites excluding steroid dienone is 2. The molecule has 8 nitrogen and oxygen atoms in total. The van der Waals surface area contributed by atoms with Gasteiger partial charge in [0, 0.05) is 25.2 Å². The second-order valence-corrected chi connectivity index (χ2v) is 9.94. The zero-order valence-electron chi connectivity index (χ0n) is 21.3. The van der Waals surface area contributed by atoms with Crippen molar-refractivity contribution >= 4 is 11.9 Å². The molecule has 0 aromatic heterocycles. The van der Waals surface area contributed by atoms with Crippen LogP contribution in [0.3, 0.4) is 0 Å². The van der Waals surface area contributed by atoms with Crippen LogP contribution in [0.2, 0.25) is 0 Å². The summed E-state index contributed by atoms with van der Waals surface area (Å²) in [5.41, 5.74) is 0.323. The molecule has 1 unspecified atom stereocenters. The van der Waals surface area contributed by atoms with Crippen LogP contribution in [-0.4, -0.2) is 55.1 Å². The summed E-state index contributed by atoms with van der Waals surface area (Å²) in [6.07, 6.45) is 13.4. The summed E-state index contributed by atoms with van der Waals surface area (Å²) in [4.78, 5) is 33.9. The molecule has 0 aliphatic rings. The fraction of sp³-hybridized carbons (Fsp3) is 0.840. The Bertz CT molecular complexity index is 598. The molecule has 0 aliphatic heterocycles. The fourth-order valence-corrected chi connectivity index (χ4v) is 3.75. The van der Waals surface area contributed by atoms with Gasteiger partial charge in [-0.05, 0) is 31.8 Å². The number of aliphatic carboxylic acids is 1. The maximum Gasteiger partial charge on any atom is 0.306 e. The molecule has 0 aromatic carbocycles. The molecule has 0 rings (SSSR count). The zero-order valence-corrected chi connectivity index (χ0v) is 21.3. The number of rotatable bonds is 21. The minimum atomic E-state index is -1.23. The molecule has 0 aliphatic carbocycles. The van der Waals surface area contributed by atoms with Crippen molar-refractivity contribution in [3.8, 4) is 0 Å². The molecule has 8 heteroatoms. The average molecular weight is 471 g/mol. The van der Waals surface area contributed by atoms with Crippen molar-refractivity contribution in [3.05, 3.63) is 21.9 Å². The van der Waals surface area contributed by atoms with E-state index in [4.69, 9.17) is 4.74 Å². The number of carbonyl (C=O) groups excluding carboxylic acids is 2. The Labute approximate surface area is 200 Å². The predicted octanol–water partition coefficient (Wildman–Crippen LogP) is 4.39. The molecule has 0 aromatic rings. The van der Waals surface area contributed by atoms with E-state index < -0.39 is 12.1 Å². The van der Waals surface area contributed by atoms with Gasteiger partial charge in [-0.25, -0.2) is 0 Å². The summed E-state index contributed by atoms with van der Waals surface area (Å²) in [6.45, 7) is 2.59. The highest BCUT2D eigenvalue weighted by Crippen LogP contribution is 2.15. The summed E-state index contributed by atoms with van der Waals surface area (Å²) in [7, 11) is 5.72. The first-order valence-corrected chi connectivity index (χ1v) is 12.6. The van der Waals surface area contributed by atoms with Crippen LogP contribution in [0.25, 0.3) is 0 Å². The van der Waals surface area contributed by atoms with E-state index in [0.717, 1.165) is 44.9 Å². The number of likely N-dealkylation sites (N-methyl/N-ethyl adjacent to an activating group) is 1. The lowest BCUT2D eigenvalue weighted by atomic mass is 10.1. The highest BCUT2D eigenvalue weighted by atomic mass is 16.6. The number of quaternary nitrogens is 1. The van der Waals surface area contributed by atoms with Crippen molar-refractivity contribution < 1.29 is 28.8 Å². The number of hydrogen-bond acceptors (Lipinski definition) is 6. The lowest BCUT2D eigenvalue weighted by Gasteiger charge is -2.29. The lowest BCUT2D eigenvalue weighted by molar-refractivity contribution is -0.873. The third kappa shape index (κ3) is 20.4. The second-order valence-electron chi connectivity index (χ2n) is 9.94. The first kappa shape index (κ1) is 31.0. The van der Waals surface area contributed by atoms with E-state index in [1.165, 1.54) is 25.7 Å². The van der Waals surface area contributed by atoms with Crippen LogP contribution in [0.5, 0.6) is 0 Å². The molecular formula is C25H46N2O6. The molecule has 1 atom stereocenters. The summed E-state index contributed by atoms with van der Waals surface area (Å²) < 4.78 is 5.83. The molecule has 0 fully saturated rings. The van der Waals surface area contributed by atoms with Crippen LogP contribution in [0.1, 0.15) is 103 Å². The normalized spacial score (nSPS) is 13.0. The Morgan fingerprint density at radius 3 is 2.00 bits per heavy atom. The molecule has 0 bridgehead atoms. The molecule has 33 heavy (non-hydrogen) atoms. The molecule has 0 spiro atoms. The number of esters is 1. The van der Waals surface area contributed by atoms with Gasteiger partial charge in [-0.15, -0.1) is 0 Å². The predicted molar refractivity (Wildman–Crippen MR) is 128 cm³/mol. The van der Waals surface area contributed by atoms with Gasteiger partial charge in [-0.2, -0.15) is 0 Å². The largest absolute Gasteiger partial charge is 0.550 e. The minimum Gasteiger partial charge on any atom is -0.550 e. The third-order valence-electron chi connectivity index (χ3n) is 5.43. The third-order valence-corrected chi connectivity index (χ3v) is 5.43. The van der Waals surface area contributed by atoms with Crippen molar-refractivity contribution in [2.45, 2.75) is 109 Å². The van der Waals surface area contributed by atoms with Crippen molar-refractivity contribution in [1.82, 2.24) is 0 Å². The number of carbonyl (C=O) groups is 2. The second kappa shape index (κ2) is 18.5. The van der Waals surface area contributed by atoms with E-state index >= 15 is 0 Å². The first-order chi connectivity index (χ1) is 15.5. The quantitative estimate of drug-likeness (QED) is 0.0809. The number of nitro groups is 1. The van der Waals surface area contributed by atoms with E-state index in [-0.39, 0.29) is 23.7 Å². The van der Waals surface area contributed by atoms with E-state index in [1.807, 2.05) is 21.1 Å². The summed E-state index contributed by atoms with van der Waals surface area (Å²) in [6, 6.07) is 0. The maximum absolute atomic E-state index is 12.0. The van der Waals surface area contributed by atoms with Gasteiger partial charge in [0.1, 0.15) is 6.54 Å². The summed E-state index contributed by atoms with van der Waals surface area (Å²) >= 11 is 0. The molecule has 0 saturated carbocycles. The molecule has 0 saturated heterocycles. The average Bonchev–Trinajstić information content (AvgIpc) is 2.68.